The second-order valence-corrected chi connectivity index (χ2v) is 6.26. The number of aliphatic imine (C=N–C) groups is 1. The highest BCUT2D eigenvalue weighted by Crippen LogP contribution is 2.27. The van der Waals surface area contributed by atoms with E-state index in [-0.39, 0.29) is 0 Å². The largest absolute Gasteiger partial charge is 0.488 e. The maximum absolute atomic E-state index is 12.2. The van der Waals surface area contributed by atoms with Crippen molar-refractivity contribution in [1.82, 2.24) is 0 Å². The molecule has 0 N–H and O–H groups in total. The Morgan fingerprint density at radius 2 is 1.84 bits per heavy atom. The molecular weight excluding hydrogens is 314 g/mol. The summed E-state index contributed by atoms with van der Waals surface area (Å²) in [6.45, 7) is 4.42. The minimum absolute atomic E-state index is 0.295. The molecule has 0 saturated heterocycles. The molecule has 0 aliphatic carbocycles. The maximum atomic E-state index is 12.2. The van der Waals surface area contributed by atoms with Crippen LogP contribution in [0.2, 0.25) is 0 Å². The second-order valence-electron chi connectivity index (χ2n) is 6.26. The van der Waals surface area contributed by atoms with Gasteiger partial charge in [0.1, 0.15) is 12.4 Å². The number of benzene rings is 2. The van der Waals surface area contributed by atoms with E-state index in [2.05, 4.69) is 11.1 Å². The Kier molecular flexibility index (Phi) is 3.73. The summed E-state index contributed by atoms with van der Waals surface area (Å²) in [6, 6.07) is 13.8. The Morgan fingerprint density at radius 3 is 2.64 bits per heavy atom. The number of cyclic esters (lactones) is 1. The SMILES string of the molecule is Cc1cc(C)cc(C2=N/C(=C/C3=Cc4ccccc4OC3)C(=O)O2)c1. The predicted octanol–water partition coefficient (Wildman–Crippen LogP) is 3.97. The molecule has 0 atom stereocenters. The van der Waals surface area contributed by atoms with Crippen molar-refractivity contribution in [3.8, 4) is 5.75 Å². The summed E-state index contributed by atoms with van der Waals surface area (Å²) >= 11 is 0. The summed E-state index contributed by atoms with van der Waals surface area (Å²) in [6.07, 6.45) is 3.73. The number of hydrogen-bond donors (Lipinski definition) is 0. The van der Waals surface area contributed by atoms with Gasteiger partial charge in [0.15, 0.2) is 5.70 Å². The van der Waals surface area contributed by atoms with E-state index in [1.165, 1.54) is 0 Å². The minimum atomic E-state index is -0.436. The lowest BCUT2D eigenvalue weighted by molar-refractivity contribution is -0.130. The van der Waals surface area contributed by atoms with Crippen LogP contribution in [0, 0.1) is 13.8 Å². The highest BCUT2D eigenvalue weighted by atomic mass is 16.6. The van der Waals surface area contributed by atoms with Gasteiger partial charge in [-0.1, -0.05) is 35.4 Å². The van der Waals surface area contributed by atoms with E-state index in [4.69, 9.17) is 9.47 Å². The monoisotopic (exact) mass is 331 g/mol. The first-order valence-corrected chi connectivity index (χ1v) is 8.12. The molecule has 4 heteroatoms. The molecule has 2 aromatic carbocycles. The molecule has 0 aromatic heterocycles. The number of nitrogens with zero attached hydrogens (tertiary/aromatic N) is 1. The van der Waals surface area contributed by atoms with Crippen molar-refractivity contribution in [2.75, 3.05) is 6.61 Å². The number of carbonyl (C=O) groups is 1. The van der Waals surface area contributed by atoms with Crippen molar-refractivity contribution >= 4 is 17.9 Å². The Labute approximate surface area is 146 Å². The van der Waals surface area contributed by atoms with E-state index < -0.39 is 5.97 Å². The fraction of sp³-hybridized carbons (Fsp3) is 0.143. The molecule has 0 fully saturated rings. The van der Waals surface area contributed by atoms with Gasteiger partial charge < -0.3 is 9.47 Å². The molecule has 2 aromatic rings. The van der Waals surface area contributed by atoms with Gasteiger partial charge in [-0.25, -0.2) is 9.79 Å². The van der Waals surface area contributed by atoms with Gasteiger partial charge in [0.2, 0.25) is 5.90 Å². The molecule has 0 spiro atoms. The number of para-hydroxylation sites is 1. The first-order valence-electron chi connectivity index (χ1n) is 8.12. The van der Waals surface area contributed by atoms with Crippen LogP contribution in [0.25, 0.3) is 6.08 Å². The number of aryl methyl sites for hydroxylation is 2. The molecular formula is C21H17NO3. The zero-order chi connectivity index (χ0) is 17.4. The molecule has 0 amide bonds. The van der Waals surface area contributed by atoms with Gasteiger partial charge in [-0.05, 0) is 49.8 Å². The zero-order valence-electron chi connectivity index (χ0n) is 14.1. The van der Waals surface area contributed by atoms with Crippen LogP contribution in [-0.2, 0) is 9.53 Å². The van der Waals surface area contributed by atoms with Crippen molar-refractivity contribution in [3.05, 3.63) is 82.1 Å². The van der Waals surface area contributed by atoms with Crippen molar-refractivity contribution < 1.29 is 14.3 Å². The van der Waals surface area contributed by atoms with Crippen LogP contribution in [0.4, 0.5) is 0 Å². The normalized spacial score (nSPS) is 17.5. The van der Waals surface area contributed by atoms with Crippen molar-refractivity contribution in [3.63, 3.8) is 0 Å². The number of rotatable bonds is 2. The molecule has 124 valence electrons. The summed E-state index contributed by atoms with van der Waals surface area (Å²) in [5.41, 5.74) is 5.19. The smallest absolute Gasteiger partial charge is 0.363 e. The van der Waals surface area contributed by atoms with Gasteiger partial charge >= 0.3 is 5.97 Å². The summed E-state index contributed by atoms with van der Waals surface area (Å²) in [5.74, 6) is 0.757. The highest BCUT2D eigenvalue weighted by Gasteiger charge is 2.25. The third kappa shape index (κ3) is 3.11. The van der Waals surface area contributed by atoms with Crippen molar-refractivity contribution in [2.24, 2.45) is 4.99 Å². The van der Waals surface area contributed by atoms with Crippen molar-refractivity contribution in [2.45, 2.75) is 13.8 Å². The third-order valence-corrected chi connectivity index (χ3v) is 4.07. The average Bonchev–Trinajstić information content (AvgIpc) is 2.95. The van der Waals surface area contributed by atoms with E-state index in [0.717, 1.165) is 33.6 Å². The molecule has 2 aliphatic heterocycles. The summed E-state index contributed by atoms with van der Waals surface area (Å²) in [7, 11) is 0. The Balaban J connectivity index is 1.67. The fourth-order valence-electron chi connectivity index (χ4n) is 3.02. The topological polar surface area (TPSA) is 47.9 Å². The number of esters is 1. The van der Waals surface area contributed by atoms with E-state index in [0.29, 0.717) is 18.2 Å². The number of fused-ring (bicyclic) bond motifs is 1. The van der Waals surface area contributed by atoms with Crippen molar-refractivity contribution in [1.29, 1.82) is 0 Å². The van der Waals surface area contributed by atoms with Gasteiger partial charge in [0, 0.05) is 11.1 Å². The predicted molar refractivity (Wildman–Crippen MR) is 96.5 cm³/mol. The third-order valence-electron chi connectivity index (χ3n) is 4.07. The van der Waals surface area contributed by atoms with Crippen LogP contribution in [0.5, 0.6) is 5.75 Å². The summed E-state index contributed by atoms with van der Waals surface area (Å²) in [4.78, 5) is 16.6. The Bertz CT molecular complexity index is 947. The van der Waals surface area contributed by atoms with Gasteiger partial charge in [0.25, 0.3) is 0 Å². The molecule has 25 heavy (non-hydrogen) atoms. The molecule has 4 nitrogen and oxygen atoms in total. The molecule has 2 heterocycles. The molecule has 4 rings (SSSR count). The van der Waals surface area contributed by atoms with Gasteiger partial charge in [-0.2, -0.15) is 0 Å². The Hall–Kier alpha value is -3.14. The quantitative estimate of drug-likeness (QED) is 0.618. The molecule has 0 radical (unpaired) electrons. The fourth-order valence-corrected chi connectivity index (χ4v) is 3.02. The molecule has 0 saturated carbocycles. The second kappa shape index (κ2) is 6.06. The first-order chi connectivity index (χ1) is 12.1. The van der Waals surface area contributed by atoms with Crippen LogP contribution in [0.3, 0.4) is 0 Å². The first kappa shape index (κ1) is 15.4. The highest BCUT2D eigenvalue weighted by molar-refractivity contribution is 6.11. The molecule has 0 bridgehead atoms. The van der Waals surface area contributed by atoms with Crippen LogP contribution < -0.4 is 4.74 Å². The lowest BCUT2D eigenvalue weighted by Gasteiger charge is -2.15. The zero-order valence-corrected chi connectivity index (χ0v) is 14.1. The molecule has 0 unspecified atom stereocenters. The van der Waals surface area contributed by atoms with E-state index in [1.54, 1.807) is 6.08 Å². The lowest BCUT2D eigenvalue weighted by atomic mass is 10.1. The number of ether oxygens (including phenoxy) is 2. The lowest BCUT2D eigenvalue weighted by Crippen LogP contribution is -2.08. The van der Waals surface area contributed by atoms with Crippen LogP contribution in [-0.4, -0.2) is 18.5 Å². The van der Waals surface area contributed by atoms with Crippen LogP contribution in [0.1, 0.15) is 22.3 Å². The summed E-state index contributed by atoms with van der Waals surface area (Å²) in [5, 5.41) is 0. The summed E-state index contributed by atoms with van der Waals surface area (Å²) < 4.78 is 11.1. The number of hydrogen-bond acceptors (Lipinski definition) is 4. The minimum Gasteiger partial charge on any atom is -0.488 e. The van der Waals surface area contributed by atoms with E-state index in [9.17, 15) is 4.79 Å². The Morgan fingerprint density at radius 1 is 1.08 bits per heavy atom. The maximum Gasteiger partial charge on any atom is 0.363 e. The number of carbonyl (C=O) groups excluding carboxylic acids is 1. The van der Waals surface area contributed by atoms with E-state index >= 15 is 0 Å². The van der Waals surface area contributed by atoms with Gasteiger partial charge in [-0.15, -0.1) is 0 Å². The van der Waals surface area contributed by atoms with Crippen LogP contribution in [0.15, 0.2) is 64.8 Å². The van der Waals surface area contributed by atoms with Gasteiger partial charge in [-0.3, -0.25) is 0 Å². The van der Waals surface area contributed by atoms with Gasteiger partial charge in [0.05, 0.1) is 0 Å². The van der Waals surface area contributed by atoms with E-state index in [1.807, 2.05) is 56.3 Å². The average molecular weight is 331 g/mol. The van der Waals surface area contributed by atoms with Crippen LogP contribution >= 0.6 is 0 Å². The molecule has 2 aliphatic rings. The standard InChI is InChI=1S/C21H17NO3/c1-13-7-14(2)9-17(8-13)20-22-18(21(23)25-20)11-15-10-16-5-3-4-6-19(16)24-12-15/h3-11H,12H2,1-2H3/b18-11+.